The summed E-state index contributed by atoms with van der Waals surface area (Å²) >= 11 is 0. The first-order valence-electron chi connectivity index (χ1n) is 14.4. The molecule has 0 radical (unpaired) electrons. The van der Waals surface area contributed by atoms with Crippen molar-refractivity contribution in [3.63, 3.8) is 0 Å². The zero-order valence-electron chi connectivity index (χ0n) is 26.5. The number of carbonyl (C=O) groups excluding carboxylic acids is 3. The monoisotopic (exact) mass is 740 g/mol. The zero-order chi connectivity index (χ0) is 38.3. The van der Waals surface area contributed by atoms with Gasteiger partial charge in [-0.15, -0.1) is 0 Å². The SMILES string of the molecule is CC(C)C1Oc2c(cc(C(F)(F)F)cc2C(F)(F)F)NC1=O.COC(=O)CCN1C(=O)C(C(C)C)Oc2c1cc(C(F)(F)F)cc2C(F)(F)F. The number of alkyl halides is 12. The van der Waals surface area contributed by atoms with Crippen LogP contribution < -0.4 is 19.7 Å². The molecule has 0 aliphatic carbocycles. The number of carbonyl (C=O) groups is 3. The van der Waals surface area contributed by atoms with Gasteiger partial charge in [0.1, 0.15) is 11.1 Å². The van der Waals surface area contributed by atoms with Crippen molar-refractivity contribution in [2.24, 2.45) is 11.8 Å². The van der Waals surface area contributed by atoms with Crippen molar-refractivity contribution in [2.75, 3.05) is 23.9 Å². The predicted octanol–water partition coefficient (Wildman–Crippen LogP) is 8.12. The second-order valence-electron chi connectivity index (χ2n) is 11.6. The van der Waals surface area contributed by atoms with E-state index in [4.69, 9.17) is 9.47 Å². The lowest BCUT2D eigenvalue weighted by molar-refractivity contribution is -0.147. The number of nitrogens with one attached hydrogen (secondary N) is 1. The topological polar surface area (TPSA) is 94.2 Å². The van der Waals surface area contributed by atoms with E-state index >= 15 is 0 Å². The molecular weight excluding hydrogens is 712 g/mol. The third-order valence-corrected chi connectivity index (χ3v) is 7.21. The molecule has 0 saturated carbocycles. The van der Waals surface area contributed by atoms with E-state index in [-0.39, 0.29) is 12.1 Å². The normalized spacial score (nSPS) is 18.0. The number of hydrogen-bond donors (Lipinski definition) is 1. The maximum atomic E-state index is 13.4. The van der Waals surface area contributed by atoms with Crippen molar-refractivity contribution in [3.8, 4) is 11.5 Å². The molecule has 0 bridgehead atoms. The Kier molecular flexibility index (Phi) is 11.3. The van der Waals surface area contributed by atoms with E-state index < -0.39 is 125 Å². The fourth-order valence-corrected chi connectivity index (χ4v) is 4.76. The van der Waals surface area contributed by atoms with Gasteiger partial charge in [-0.1, -0.05) is 27.7 Å². The largest absolute Gasteiger partial charge is 0.477 e. The quantitative estimate of drug-likeness (QED) is 0.246. The molecule has 20 heteroatoms. The van der Waals surface area contributed by atoms with Gasteiger partial charge in [-0.2, -0.15) is 52.7 Å². The van der Waals surface area contributed by atoms with E-state index in [2.05, 4.69) is 10.1 Å². The van der Waals surface area contributed by atoms with Gasteiger partial charge in [0, 0.05) is 6.54 Å². The summed E-state index contributed by atoms with van der Waals surface area (Å²) in [6.07, 6.45) is -23.2. The van der Waals surface area contributed by atoms with Gasteiger partial charge in [0.15, 0.2) is 23.7 Å². The lowest BCUT2D eigenvalue weighted by atomic mass is 9.99. The first kappa shape index (κ1) is 40.0. The molecule has 0 saturated heterocycles. The molecule has 2 aromatic rings. The first-order valence-corrected chi connectivity index (χ1v) is 14.4. The molecule has 0 aromatic heterocycles. The Balaban J connectivity index is 0.000000278. The molecule has 0 fully saturated rings. The van der Waals surface area contributed by atoms with E-state index in [1.54, 1.807) is 13.8 Å². The summed E-state index contributed by atoms with van der Waals surface area (Å²) in [5.41, 5.74) is -7.62. The summed E-state index contributed by atoms with van der Waals surface area (Å²) in [7, 11) is 1.07. The molecule has 0 spiro atoms. The van der Waals surface area contributed by atoms with Crippen molar-refractivity contribution >= 4 is 29.2 Å². The van der Waals surface area contributed by atoms with Crippen LogP contribution in [0.25, 0.3) is 0 Å². The van der Waals surface area contributed by atoms with Gasteiger partial charge in [0.2, 0.25) is 0 Å². The molecular formula is C30H28F12N2O6. The highest BCUT2D eigenvalue weighted by Gasteiger charge is 2.47. The Morgan fingerprint density at radius 1 is 0.740 bits per heavy atom. The van der Waals surface area contributed by atoms with Crippen molar-refractivity contribution in [1.29, 1.82) is 0 Å². The number of benzene rings is 2. The third-order valence-electron chi connectivity index (χ3n) is 7.21. The highest BCUT2D eigenvalue weighted by molar-refractivity contribution is 6.01. The lowest BCUT2D eigenvalue weighted by Crippen LogP contribution is -2.49. The molecule has 1 N–H and O–H groups in total. The van der Waals surface area contributed by atoms with Gasteiger partial charge >= 0.3 is 30.7 Å². The van der Waals surface area contributed by atoms with Crippen LogP contribution in [0.15, 0.2) is 24.3 Å². The van der Waals surface area contributed by atoms with Gasteiger partial charge in [0.25, 0.3) is 11.8 Å². The molecule has 2 aliphatic heterocycles. The van der Waals surface area contributed by atoms with Gasteiger partial charge in [0.05, 0.1) is 36.0 Å². The predicted molar refractivity (Wildman–Crippen MR) is 149 cm³/mol. The maximum absolute atomic E-state index is 13.4. The fourth-order valence-electron chi connectivity index (χ4n) is 4.76. The number of nitrogens with zero attached hydrogens (tertiary/aromatic N) is 1. The van der Waals surface area contributed by atoms with Crippen molar-refractivity contribution in [2.45, 2.75) is 71.0 Å². The van der Waals surface area contributed by atoms with Crippen LogP contribution in [0.1, 0.15) is 56.4 Å². The van der Waals surface area contributed by atoms with Crippen LogP contribution >= 0.6 is 0 Å². The summed E-state index contributed by atoms with van der Waals surface area (Å²) in [6.45, 7) is 5.68. The number of esters is 1. The molecule has 4 rings (SSSR count). The third kappa shape index (κ3) is 8.85. The van der Waals surface area contributed by atoms with Crippen molar-refractivity contribution in [3.05, 3.63) is 46.5 Å². The summed E-state index contributed by atoms with van der Waals surface area (Å²) in [5.74, 6) is -5.07. The number of anilines is 2. The standard InChI is InChI=1S/C17H17F6NO4.C13H11F6NO2/c1-8(2)13-15(26)24(5-4-12(25)27-3)11-7-9(16(18,19)20)6-10(14(11)28-13)17(21,22)23;1-5(2)9-11(21)20-8-4-6(12(14,15)16)3-7(10(8)22-9)13(17,18)19/h6-8,13H,4-5H2,1-3H3;3-5,9H,1-2H3,(H,20,21). The van der Waals surface area contributed by atoms with E-state index in [1.807, 2.05) is 0 Å². The Morgan fingerprint density at radius 3 is 1.64 bits per heavy atom. The van der Waals surface area contributed by atoms with Crippen LogP contribution in [0, 0.1) is 11.8 Å². The maximum Gasteiger partial charge on any atom is 0.420 e. The average molecular weight is 741 g/mol. The summed E-state index contributed by atoms with van der Waals surface area (Å²) in [6, 6.07) is 0.771. The Morgan fingerprint density at radius 2 is 1.20 bits per heavy atom. The molecule has 8 nitrogen and oxygen atoms in total. The highest BCUT2D eigenvalue weighted by Crippen LogP contribution is 2.49. The Labute approximate surface area is 275 Å². The second-order valence-corrected chi connectivity index (χ2v) is 11.6. The number of methoxy groups -OCH3 is 1. The first-order chi connectivity index (χ1) is 22.7. The van der Waals surface area contributed by atoms with Crippen LogP contribution in [0.3, 0.4) is 0 Å². The van der Waals surface area contributed by atoms with Gasteiger partial charge in [-0.25, -0.2) is 0 Å². The Hall–Kier alpha value is -4.39. The average Bonchev–Trinajstić information content (AvgIpc) is 2.96. The van der Waals surface area contributed by atoms with Gasteiger partial charge in [-0.3, -0.25) is 14.4 Å². The summed E-state index contributed by atoms with van der Waals surface area (Å²) < 4.78 is 172. The van der Waals surface area contributed by atoms with Crippen LogP contribution in [0.5, 0.6) is 11.5 Å². The number of halogens is 12. The molecule has 50 heavy (non-hydrogen) atoms. The molecule has 2 atom stereocenters. The zero-order valence-corrected chi connectivity index (χ0v) is 26.5. The Bertz CT molecular complexity index is 1610. The number of hydrogen-bond acceptors (Lipinski definition) is 6. The molecule has 2 heterocycles. The van der Waals surface area contributed by atoms with E-state index in [0.29, 0.717) is 17.0 Å². The molecule has 2 aliphatic rings. The number of rotatable bonds is 5. The number of amides is 2. The van der Waals surface area contributed by atoms with Crippen molar-refractivity contribution < 1.29 is 81.3 Å². The lowest BCUT2D eigenvalue weighted by Gasteiger charge is -2.37. The summed E-state index contributed by atoms with van der Waals surface area (Å²) in [5, 5.41) is 2.05. The smallest absolute Gasteiger partial charge is 0.420 e. The molecule has 2 amide bonds. The minimum Gasteiger partial charge on any atom is -0.477 e. The van der Waals surface area contributed by atoms with Crippen molar-refractivity contribution in [1.82, 2.24) is 0 Å². The minimum atomic E-state index is -5.15. The summed E-state index contributed by atoms with van der Waals surface area (Å²) in [4.78, 5) is 36.5. The van der Waals surface area contributed by atoms with Crippen LogP contribution in [-0.2, 0) is 43.8 Å². The molecule has 2 unspecified atom stereocenters. The second kappa shape index (κ2) is 14.1. The van der Waals surface area contributed by atoms with Gasteiger partial charge in [-0.05, 0) is 36.1 Å². The minimum absolute atomic E-state index is 0.0201. The molecule has 2 aromatic carbocycles. The van der Waals surface area contributed by atoms with E-state index in [0.717, 1.165) is 7.11 Å². The van der Waals surface area contributed by atoms with Crippen LogP contribution in [0.4, 0.5) is 64.1 Å². The van der Waals surface area contributed by atoms with E-state index in [1.165, 1.54) is 13.8 Å². The fraction of sp³-hybridized carbons (Fsp3) is 0.500. The van der Waals surface area contributed by atoms with Crippen LogP contribution in [0.2, 0.25) is 0 Å². The van der Waals surface area contributed by atoms with Crippen LogP contribution in [-0.4, -0.2) is 43.6 Å². The van der Waals surface area contributed by atoms with E-state index in [9.17, 15) is 67.1 Å². The number of ether oxygens (including phenoxy) is 3. The number of fused-ring (bicyclic) bond motifs is 2. The molecule has 278 valence electrons. The highest BCUT2D eigenvalue weighted by atomic mass is 19.4. The van der Waals surface area contributed by atoms with Gasteiger partial charge < -0.3 is 24.4 Å².